The fourth-order valence-electron chi connectivity index (χ4n) is 2.45. The molecule has 3 rings (SSSR count). The molecule has 0 fully saturated rings. The smallest absolute Gasteiger partial charge is 0.226 e. The van der Waals surface area contributed by atoms with Crippen LogP contribution in [0.4, 0.5) is 0 Å². The molecule has 2 aromatic carbocycles. The topological polar surface area (TPSA) is 44.5 Å². The van der Waals surface area contributed by atoms with Gasteiger partial charge >= 0.3 is 0 Å². The van der Waals surface area contributed by atoms with E-state index in [1.807, 2.05) is 67.6 Å². The molecule has 0 saturated heterocycles. The van der Waals surface area contributed by atoms with Gasteiger partial charge in [-0.1, -0.05) is 30.3 Å². The van der Waals surface area contributed by atoms with Gasteiger partial charge in [0.05, 0.1) is 25.7 Å². The maximum atomic E-state index is 5.80. The molecular formula is C21H21NO3. The van der Waals surface area contributed by atoms with Gasteiger partial charge in [0.25, 0.3) is 0 Å². The molecule has 128 valence electrons. The number of hydrogen-bond acceptors (Lipinski definition) is 4. The van der Waals surface area contributed by atoms with Gasteiger partial charge in [0.15, 0.2) is 0 Å². The summed E-state index contributed by atoms with van der Waals surface area (Å²) in [5.41, 5.74) is 2.98. The quantitative estimate of drug-likeness (QED) is 0.577. The zero-order chi connectivity index (χ0) is 17.5. The third-order valence-electron chi connectivity index (χ3n) is 3.80. The van der Waals surface area contributed by atoms with Gasteiger partial charge in [-0.25, -0.2) is 4.98 Å². The van der Waals surface area contributed by atoms with Crippen LogP contribution in [0.25, 0.3) is 17.5 Å². The lowest BCUT2D eigenvalue weighted by Crippen LogP contribution is -2.02. The third kappa shape index (κ3) is 4.51. The lowest BCUT2D eigenvalue weighted by molar-refractivity contribution is 0.320. The first-order chi connectivity index (χ1) is 12.3. The molecule has 0 aliphatic carbocycles. The molecule has 1 aromatic heterocycles. The zero-order valence-corrected chi connectivity index (χ0v) is 14.4. The van der Waals surface area contributed by atoms with E-state index in [1.165, 1.54) is 0 Å². The second-order valence-electron chi connectivity index (χ2n) is 5.59. The van der Waals surface area contributed by atoms with Crippen molar-refractivity contribution in [1.82, 2.24) is 4.98 Å². The van der Waals surface area contributed by atoms with Gasteiger partial charge in [-0.05, 0) is 42.8 Å². The van der Waals surface area contributed by atoms with Crippen LogP contribution in [0.5, 0.6) is 5.75 Å². The average molecular weight is 335 g/mol. The summed E-state index contributed by atoms with van der Waals surface area (Å²) in [4.78, 5) is 4.59. The van der Waals surface area contributed by atoms with E-state index in [1.54, 1.807) is 13.4 Å². The number of benzene rings is 2. The molecule has 4 nitrogen and oxygen atoms in total. The number of nitrogens with zero attached hydrogens (tertiary/aromatic N) is 1. The first-order valence-corrected chi connectivity index (χ1v) is 8.20. The summed E-state index contributed by atoms with van der Waals surface area (Å²) < 4.78 is 16.5. The van der Waals surface area contributed by atoms with E-state index in [0.29, 0.717) is 18.9 Å². The van der Waals surface area contributed by atoms with Crippen molar-refractivity contribution in [1.29, 1.82) is 0 Å². The number of methoxy groups -OCH3 is 1. The van der Waals surface area contributed by atoms with Crippen molar-refractivity contribution < 1.29 is 13.9 Å². The largest absolute Gasteiger partial charge is 0.504 e. The lowest BCUT2D eigenvalue weighted by atomic mass is 10.2. The van der Waals surface area contributed by atoms with Gasteiger partial charge in [-0.2, -0.15) is 0 Å². The fraction of sp³-hybridized carbons (Fsp3) is 0.190. The van der Waals surface area contributed by atoms with Gasteiger partial charge < -0.3 is 13.9 Å². The number of aromatic nitrogens is 1. The summed E-state index contributed by atoms with van der Waals surface area (Å²) in [6.07, 6.45) is 4.24. The molecule has 0 saturated carbocycles. The summed E-state index contributed by atoms with van der Waals surface area (Å²) in [6, 6.07) is 17.8. The van der Waals surface area contributed by atoms with E-state index < -0.39 is 0 Å². The summed E-state index contributed by atoms with van der Waals surface area (Å²) >= 11 is 0. The monoisotopic (exact) mass is 335 g/mol. The Morgan fingerprint density at radius 3 is 2.52 bits per heavy atom. The number of oxazole rings is 1. The fourth-order valence-corrected chi connectivity index (χ4v) is 2.45. The van der Waals surface area contributed by atoms with E-state index >= 15 is 0 Å². The molecule has 3 aromatic rings. The highest BCUT2D eigenvalue weighted by Crippen LogP contribution is 2.22. The molecule has 0 aliphatic rings. The van der Waals surface area contributed by atoms with Gasteiger partial charge in [-0.15, -0.1) is 0 Å². The van der Waals surface area contributed by atoms with Gasteiger partial charge in [0.2, 0.25) is 5.89 Å². The van der Waals surface area contributed by atoms with Gasteiger partial charge in [0, 0.05) is 12.0 Å². The first-order valence-electron chi connectivity index (χ1n) is 8.20. The van der Waals surface area contributed by atoms with Crippen LogP contribution in [-0.2, 0) is 11.2 Å². The van der Waals surface area contributed by atoms with Crippen molar-refractivity contribution in [3.8, 4) is 17.2 Å². The minimum Gasteiger partial charge on any atom is -0.504 e. The summed E-state index contributed by atoms with van der Waals surface area (Å²) in [5, 5.41) is 0. The highest BCUT2D eigenvalue weighted by molar-refractivity contribution is 5.53. The molecule has 0 spiro atoms. The standard InChI is InChI=1S/C21H21NO3/c1-16-20(22-21(25-16)18-6-4-3-5-7-18)13-15-24-19-10-8-17(9-11-19)12-14-23-2/h3-12,14H,13,15H2,1-2H3. The Kier molecular flexibility index (Phi) is 5.52. The molecule has 0 unspecified atom stereocenters. The highest BCUT2D eigenvalue weighted by atomic mass is 16.5. The van der Waals surface area contributed by atoms with E-state index in [2.05, 4.69) is 4.98 Å². The van der Waals surface area contributed by atoms with E-state index in [4.69, 9.17) is 13.9 Å². The third-order valence-corrected chi connectivity index (χ3v) is 3.80. The van der Waals surface area contributed by atoms with Crippen LogP contribution in [-0.4, -0.2) is 18.7 Å². The number of rotatable bonds is 7. The molecule has 0 N–H and O–H groups in total. The molecule has 25 heavy (non-hydrogen) atoms. The molecule has 0 amide bonds. The van der Waals surface area contributed by atoms with E-state index in [9.17, 15) is 0 Å². The Labute approximate surface area is 147 Å². The Morgan fingerprint density at radius 2 is 1.80 bits per heavy atom. The minimum absolute atomic E-state index is 0.550. The molecule has 0 radical (unpaired) electrons. The number of ether oxygens (including phenoxy) is 2. The van der Waals surface area contributed by atoms with Crippen LogP contribution >= 0.6 is 0 Å². The van der Waals surface area contributed by atoms with Crippen LogP contribution < -0.4 is 4.74 Å². The summed E-state index contributed by atoms with van der Waals surface area (Å²) in [7, 11) is 1.63. The van der Waals surface area contributed by atoms with Crippen LogP contribution in [0.1, 0.15) is 17.0 Å². The Balaban J connectivity index is 1.57. The maximum Gasteiger partial charge on any atom is 0.226 e. The van der Waals surface area contributed by atoms with Crippen LogP contribution in [0.15, 0.2) is 65.3 Å². The van der Waals surface area contributed by atoms with Crippen molar-refractivity contribution in [2.45, 2.75) is 13.3 Å². The second-order valence-corrected chi connectivity index (χ2v) is 5.59. The predicted molar refractivity (Wildman–Crippen MR) is 98.4 cm³/mol. The van der Waals surface area contributed by atoms with Crippen molar-refractivity contribution in [2.75, 3.05) is 13.7 Å². The first kappa shape index (κ1) is 16.8. The van der Waals surface area contributed by atoms with Crippen LogP contribution in [0.3, 0.4) is 0 Å². The summed E-state index contributed by atoms with van der Waals surface area (Å²) in [5.74, 6) is 2.32. The Hall–Kier alpha value is -3.01. The van der Waals surface area contributed by atoms with Gasteiger partial charge in [-0.3, -0.25) is 0 Å². The summed E-state index contributed by atoms with van der Waals surface area (Å²) in [6.45, 7) is 2.49. The van der Waals surface area contributed by atoms with Crippen LogP contribution in [0.2, 0.25) is 0 Å². The molecule has 0 aliphatic heterocycles. The van der Waals surface area contributed by atoms with Crippen LogP contribution in [0, 0.1) is 6.92 Å². The average Bonchev–Trinajstić information content (AvgIpc) is 3.03. The number of aryl methyl sites for hydroxylation is 1. The van der Waals surface area contributed by atoms with Gasteiger partial charge in [0.1, 0.15) is 11.5 Å². The van der Waals surface area contributed by atoms with E-state index in [0.717, 1.165) is 28.3 Å². The molecule has 1 heterocycles. The SMILES string of the molecule is COC=Cc1ccc(OCCc2nc(-c3ccccc3)oc2C)cc1. The van der Waals surface area contributed by atoms with E-state index in [-0.39, 0.29) is 0 Å². The van der Waals surface area contributed by atoms with Crippen molar-refractivity contribution in [3.05, 3.63) is 77.9 Å². The van der Waals surface area contributed by atoms with Crippen molar-refractivity contribution in [3.63, 3.8) is 0 Å². The minimum atomic E-state index is 0.550. The van der Waals surface area contributed by atoms with Crippen molar-refractivity contribution in [2.24, 2.45) is 0 Å². The molecule has 0 bridgehead atoms. The maximum absolute atomic E-state index is 5.80. The van der Waals surface area contributed by atoms with Crippen molar-refractivity contribution >= 4 is 6.08 Å². The Morgan fingerprint density at radius 1 is 1.04 bits per heavy atom. The second kappa shape index (κ2) is 8.20. The highest BCUT2D eigenvalue weighted by Gasteiger charge is 2.11. The molecule has 4 heteroatoms. The number of hydrogen-bond donors (Lipinski definition) is 0. The Bertz CT molecular complexity index is 820. The molecular weight excluding hydrogens is 314 g/mol. The predicted octanol–water partition coefficient (Wildman–Crippen LogP) is 4.89. The molecule has 0 atom stereocenters. The lowest BCUT2D eigenvalue weighted by Gasteiger charge is -2.05. The zero-order valence-electron chi connectivity index (χ0n) is 14.4. The normalized spacial score (nSPS) is 11.0.